The van der Waals surface area contributed by atoms with Crippen LogP contribution in [0.3, 0.4) is 0 Å². The van der Waals surface area contributed by atoms with E-state index in [0.717, 1.165) is 24.7 Å². The van der Waals surface area contributed by atoms with Gasteiger partial charge in [-0.25, -0.2) is 4.98 Å². The summed E-state index contributed by atoms with van der Waals surface area (Å²) in [5.41, 5.74) is 8.37. The van der Waals surface area contributed by atoms with Crippen LogP contribution in [0, 0.1) is 0 Å². The van der Waals surface area contributed by atoms with E-state index in [1.807, 2.05) is 18.3 Å². The van der Waals surface area contributed by atoms with Crippen molar-refractivity contribution in [2.45, 2.75) is 38.9 Å². The maximum atomic E-state index is 5.88. The minimum Gasteiger partial charge on any atom is -0.497 e. The predicted molar refractivity (Wildman–Crippen MR) is 91.3 cm³/mol. The third-order valence-corrected chi connectivity index (χ3v) is 4.54. The van der Waals surface area contributed by atoms with Gasteiger partial charge in [0.15, 0.2) is 0 Å². The second kappa shape index (κ2) is 7.62. The summed E-state index contributed by atoms with van der Waals surface area (Å²) in [5.74, 6) is 1.83. The molecule has 2 heterocycles. The Morgan fingerprint density at radius 2 is 1.83 bits per heavy atom. The molecule has 0 spiro atoms. The van der Waals surface area contributed by atoms with E-state index in [1.165, 1.54) is 43.6 Å². The maximum absolute atomic E-state index is 5.88. The van der Waals surface area contributed by atoms with Gasteiger partial charge < -0.3 is 15.0 Å². The number of likely N-dealkylation sites (tertiary alicyclic amines) is 1. The van der Waals surface area contributed by atoms with Crippen LogP contribution in [0.1, 0.15) is 36.3 Å². The highest BCUT2D eigenvalue weighted by atomic mass is 16.5. The zero-order chi connectivity index (χ0) is 16.1. The summed E-state index contributed by atoms with van der Waals surface area (Å²) in [5, 5.41) is 0. The first-order valence-electron chi connectivity index (χ1n) is 8.39. The standard InChI is InChI=1S/C18H26N4O/c1-23-17-7-5-15(6-8-17)13-22-16(12-20-18(22)11-19)14-21-9-3-2-4-10-21/h5-8,12H,2-4,9-11,13-14,19H2,1H3. The fourth-order valence-corrected chi connectivity index (χ4v) is 3.20. The largest absolute Gasteiger partial charge is 0.497 e. The fourth-order valence-electron chi connectivity index (χ4n) is 3.20. The molecule has 5 nitrogen and oxygen atoms in total. The molecule has 1 aliphatic heterocycles. The van der Waals surface area contributed by atoms with Gasteiger partial charge in [-0.2, -0.15) is 0 Å². The van der Waals surface area contributed by atoms with Gasteiger partial charge >= 0.3 is 0 Å². The van der Waals surface area contributed by atoms with Gasteiger partial charge in [0.2, 0.25) is 0 Å². The van der Waals surface area contributed by atoms with Gasteiger partial charge in [-0.1, -0.05) is 18.6 Å². The van der Waals surface area contributed by atoms with E-state index >= 15 is 0 Å². The van der Waals surface area contributed by atoms with Crippen molar-refractivity contribution < 1.29 is 4.74 Å². The molecule has 1 saturated heterocycles. The first-order valence-corrected chi connectivity index (χ1v) is 8.39. The van der Waals surface area contributed by atoms with Gasteiger partial charge in [0.1, 0.15) is 11.6 Å². The van der Waals surface area contributed by atoms with Crippen LogP contribution in [0.2, 0.25) is 0 Å². The molecule has 23 heavy (non-hydrogen) atoms. The lowest BCUT2D eigenvalue weighted by Gasteiger charge is -2.26. The number of benzene rings is 1. The lowest BCUT2D eigenvalue weighted by atomic mass is 10.1. The molecule has 0 aliphatic carbocycles. The molecule has 1 aromatic carbocycles. The summed E-state index contributed by atoms with van der Waals surface area (Å²) < 4.78 is 7.49. The molecule has 2 aromatic rings. The van der Waals surface area contributed by atoms with Crippen LogP contribution in [0.25, 0.3) is 0 Å². The first-order chi connectivity index (χ1) is 11.3. The highest BCUT2D eigenvalue weighted by molar-refractivity contribution is 5.28. The van der Waals surface area contributed by atoms with Gasteiger partial charge in [-0.05, 0) is 43.6 Å². The summed E-state index contributed by atoms with van der Waals surface area (Å²) in [6.07, 6.45) is 5.95. The molecular weight excluding hydrogens is 288 g/mol. The molecule has 5 heteroatoms. The zero-order valence-corrected chi connectivity index (χ0v) is 13.9. The molecule has 0 atom stereocenters. The second-order valence-electron chi connectivity index (χ2n) is 6.14. The van der Waals surface area contributed by atoms with Crippen molar-refractivity contribution >= 4 is 0 Å². The Morgan fingerprint density at radius 3 is 2.48 bits per heavy atom. The van der Waals surface area contributed by atoms with Crippen molar-refractivity contribution in [3.8, 4) is 5.75 Å². The highest BCUT2D eigenvalue weighted by Gasteiger charge is 2.15. The summed E-state index contributed by atoms with van der Waals surface area (Å²) in [6.45, 7) is 4.61. The highest BCUT2D eigenvalue weighted by Crippen LogP contribution is 2.17. The molecule has 2 N–H and O–H groups in total. The van der Waals surface area contributed by atoms with Crippen molar-refractivity contribution in [2.75, 3.05) is 20.2 Å². The third kappa shape index (κ3) is 3.92. The predicted octanol–water partition coefficient (Wildman–Crippen LogP) is 2.38. The minimum atomic E-state index is 0.468. The Morgan fingerprint density at radius 1 is 1.09 bits per heavy atom. The van der Waals surface area contributed by atoms with Gasteiger partial charge in [-0.3, -0.25) is 4.90 Å². The van der Waals surface area contributed by atoms with Crippen LogP contribution in [-0.4, -0.2) is 34.7 Å². The first kappa shape index (κ1) is 16.0. The van der Waals surface area contributed by atoms with Crippen LogP contribution in [0.4, 0.5) is 0 Å². The van der Waals surface area contributed by atoms with Crippen molar-refractivity contribution in [1.82, 2.24) is 14.5 Å². The number of imidazole rings is 1. The monoisotopic (exact) mass is 314 g/mol. The number of methoxy groups -OCH3 is 1. The average molecular weight is 314 g/mol. The number of rotatable bonds is 6. The molecule has 1 aliphatic rings. The molecule has 0 bridgehead atoms. The Bertz CT molecular complexity index is 614. The van der Waals surface area contributed by atoms with Crippen molar-refractivity contribution in [3.63, 3.8) is 0 Å². The molecule has 0 radical (unpaired) electrons. The molecule has 0 unspecified atom stereocenters. The Kier molecular flexibility index (Phi) is 5.31. The summed E-state index contributed by atoms with van der Waals surface area (Å²) in [4.78, 5) is 7.04. The summed E-state index contributed by atoms with van der Waals surface area (Å²) >= 11 is 0. The lowest BCUT2D eigenvalue weighted by Crippen LogP contribution is -2.30. The minimum absolute atomic E-state index is 0.468. The summed E-state index contributed by atoms with van der Waals surface area (Å²) in [7, 11) is 1.69. The quantitative estimate of drug-likeness (QED) is 0.889. The van der Waals surface area contributed by atoms with E-state index in [4.69, 9.17) is 10.5 Å². The van der Waals surface area contributed by atoms with E-state index in [9.17, 15) is 0 Å². The number of nitrogens with zero attached hydrogens (tertiary/aromatic N) is 3. The van der Waals surface area contributed by atoms with Gasteiger partial charge in [0.05, 0.1) is 19.3 Å². The molecule has 1 fully saturated rings. The van der Waals surface area contributed by atoms with Crippen molar-refractivity contribution in [2.24, 2.45) is 5.73 Å². The number of nitrogens with two attached hydrogens (primary N) is 1. The Hall–Kier alpha value is -1.85. The number of hydrogen-bond acceptors (Lipinski definition) is 4. The van der Waals surface area contributed by atoms with E-state index in [0.29, 0.717) is 6.54 Å². The number of ether oxygens (including phenoxy) is 1. The summed E-state index contributed by atoms with van der Waals surface area (Å²) in [6, 6.07) is 8.20. The van der Waals surface area contributed by atoms with Crippen LogP contribution in [-0.2, 0) is 19.6 Å². The second-order valence-corrected chi connectivity index (χ2v) is 6.14. The van der Waals surface area contributed by atoms with E-state index in [1.54, 1.807) is 7.11 Å². The normalized spacial score (nSPS) is 15.7. The van der Waals surface area contributed by atoms with Crippen molar-refractivity contribution in [3.05, 3.63) is 47.5 Å². The molecular formula is C18H26N4O. The topological polar surface area (TPSA) is 56.3 Å². The smallest absolute Gasteiger partial charge is 0.123 e. The zero-order valence-electron chi connectivity index (χ0n) is 13.9. The third-order valence-electron chi connectivity index (χ3n) is 4.54. The van der Waals surface area contributed by atoms with Crippen LogP contribution in [0.5, 0.6) is 5.75 Å². The molecule has 3 rings (SSSR count). The van der Waals surface area contributed by atoms with Crippen LogP contribution >= 0.6 is 0 Å². The SMILES string of the molecule is COc1ccc(Cn2c(CN3CCCCC3)cnc2CN)cc1. The van der Waals surface area contributed by atoms with Gasteiger partial charge in [0, 0.05) is 19.3 Å². The molecule has 124 valence electrons. The fraction of sp³-hybridized carbons (Fsp3) is 0.500. The van der Waals surface area contributed by atoms with E-state index < -0.39 is 0 Å². The lowest BCUT2D eigenvalue weighted by molar-refractivity contribution is 0.216. The number of hydrogen-bond donors (Lipinski definition) is 1. The number of piperidine rings is 1. The van der Waals surface area contributed by atoms with Crippen LogP contribution < -0.4 is 10.5 Å². The average Bonchev–Trinajstić information content (AvgIpc) is 2.98. The van der Waals surface area contributed by atoms with Gasteiger partial charge in [-0.15, -0.1) is 0 Å². The van der Waals surface area contributed by atoms with Gasteiger partial charge in [0.25, 0.3) is 0 Å². The Labute approximate surface area is 138 Å². The molecule has 0 saturated carbocycles. The molecule has 0 amide bonds. The van der Waals surface area contributed by atoms with Crippen LogP contribution in [0.15, 0.2) is 30.5 Å². The van der Waals surface area contributed by atoms with E-state index in [-0.39, 0.29) is 0 Å². The van der Waals surface area contributed by atoms with E-state index in [2.05, 4.69) is 26.6 Å². The molecule has 1 aromatic heterocycles. The maximum Gasteiger partial charge on any atom is 0.123 e. The Balaban J connectivity index is 1.77. The van der Waals surface area contributed by atoms with Crippen molar-refractivity contribution in [1.29, 1.82) is 0 Å². The number of aromatic nitrogens is 2.